The standard InChI is InChI=1S/C15H25FN2O/c1-5-19-14-7-6-12(8-13(14)16)9-18(4)11-15(2,3)10-17/h6-8H,5,9-11,17H2,1-4H3. The highest BCUT2D eigenvalue weighted by molar-refractivity contribution is 5.29. The molecule has 0 aliphatic rings. The molecule has 0 saturated heterocycles. The van der Waals surface area contributed by atoms with E-state index in [4.69, 9.17) is 10.5 Å². The third kappa shape index (κ3) is 5.17. The van der Waals surface area contributed by atoms with E-state index < -0.39 is 0 Å². The summed E-state index contributed by atoms with van der Waals surface area (Å²) in [6.07, 6.45) is 0. The number of rotatable bonds is 7. The molecule has 0 unspecified atom stereocenters. The molecule has 1 aromatic carbocycles. The predicted octanol–water partition coefficient (Wildman–Crippen LogP) is 2.64. The average Bonchev–Trinajstić information content (AvgIpc) is 2.32. The predicted molar refractivity (Wildman–Crippen MR) is 76.7 cm³/mol. The van der Waals surface area contributed by atoms with Crippen LogP contribution in [0, 0.1) is 11.2 Å². The lowest BCUT2D eigenvalue weighted by Gasteiger charge is -2.29. The van der Waals surface area contributed by atoms with Crippen molar-refractivity contribution >= 4 is 0 Å². The maximum Gasteiger partial charge on any atom is 0.165 e. The SMILES string of the molecule is CCOc1ccc(CN(C)CC(C)(C)CN)cc1F. The molecule has 0 heterocycles. The summed E-state index contributed by atoms with van der Waals surface area (Å²) in [5.74, 6) is 0.0158. The molecule has 0 fully saturated rings. The number of nitrogens with zero attached hydrogens (tertiary/aromatic N) is 1. The Labute approximate surface area is 115 Å². The van der Waals surface area contributed by atoms with Crippen molar-refractivity contribution in [3.8, 4) is 5.75 Å². The second-order valence-electron chi connectivity index (χ2n) is 5.74. The van der Waals surface area contributed by atoms with Gasteiger partial charge in [0, 0.05) is 13.1 Å². The zero-order valence-electron chi connectivity index (χ0n) is 12.4. The van der Waals surface area contributed by atoms with E-state index in [1.54, 1.807) is 6.07 Å². The Balaban J connectivity index is 2.65. The molecule has 1 rings (SSSR count). The van der Waals surface area contributed by atoms with E-state index in [0.29, 0.717) is 25.4 Å². The van der Waals surface area contributed by atoms with Crippen molar-refractivity contribution in [3.05, 3.63) is 29.6 Å². The van der Waals surface area contributed by atoms with Crippen molar-refractivity contribution in [2.24, 2.45) is 11.1 Å². The molecular weight excluding hydrogens is 243 g/mol. The van der Waals surface area contributed by atoms with E-state index in [1.807, 2.05) is 20.0 Å². The van der Waals surface area contributed by atoms with Crippen LogP contribution in [0.1, 0.15) is 26.3 Å². The van der Waals surface area contributed by atoms with Crippen molar-refractivity contribution in [2.75, 3.05) is 26.7 Å². The van der Waals surface area contributed by atoms with Gasteiger partial charge in [0.2, 0.25) is 0 Å². The third-order valence-electron chi connectivity index (χ3n) is 3.00. The zero-order valence-corrected chi connectivity index (χ0v) is 12.4. The Morgan fingerprint density at radius 3 is 2.58 bits per heavy atom. The highest BCUT2D eigenvalue weighted by atomic mass is 19.1. The smallest absolute Gasteiger partial charge is 0.165 e. The van der Waals surface area contributed by atoms with E-state index in [2.05, 4.69) is 18.7 Å². The molecule has 0 amide bonds. The van der Waals surface area contributed by atoms with Gasteiger partial charge >= 0.3 is 0 Å². The van der Waals surface area contributed by atoms with Gasteiger partial charge in [-0.15, -0.1) is 0 Å². The largest absolute Gasteiger partial charge is 0.491 e. The van der Waals surface area contributed by atoms with Gasteiger partial charge in [-0.2, -0.15) is 0 Å². The van der Waals surface area contributed by atoms with Crippen LogP contribution in [0.4, 0.5) is 4.39 Å². The van der Waals surface area contributed by atoms with Crippen LogP contribution in [0.5, 0.6) is 5.75 Å². The lowest BCUT2D eigenvalue weighted by atomic mass is 9.93. The van der Waals surface area contributed by atoms with Gasteiger partial charge in [0.25, 0.3) is 0 Å². The maximum absolute atomic E-state index is 13.7. The summed E-state index contributed by atoms with van der Waals surface area (Å²) >= 11 is 0. The monoisotopic (exact) mass is 268 g/mol. The Bertz CT molecular complexity index is 407. The minimum absolute atomic E-state index is 0.0680. The minimum atomic E-state index is -0.300. The van der Waals surface area contributed by atoms with Gasteiger partial charge in [0.15, 0.2) is 11.6 Å². The van der Waals surface area contributed by atoms with E-state index in [-0.39, 0.29) is 11.2 Å². The Morgan fingerprint density at radius 2 is 2.05 bits per heavy atom. The van der Waals surface area contributed by atoms with Crippen molar-refractivity contribution in [1.29, 1.82) is 0 Å². The number of nitrogens with two attached hydrogens (primary N) is 1. The molecule has 0 aliphatic heterocycles. The molecule has 0 aromatic heterocycles. The summed E-state index contributed by atoms with van der Waals surface area (Å²) in [6, 6.07) is 5.13. The van der Waals surface area contributed by atoms with Gasteiger partial charge in [-0.3, -0.25) is 0 Å². The summed E-state index contributed by atoms with van der Waals surface area (Å²) in [6.45, 7) is 8.78. The van der Waals surface area contributed by atoms with Crippen molar-refractivity contribution in [2.45, 2.75) is 27.3 Å². The third-order valence-corrected chi connectivity index (χ3v) is 3.00. The molecule has 3 nitrogen and oxygen atoms in total. The molecule has 0 radical (unpaired) electrons. The first kappa shape index (κ1) is 15.9. The number of halogens is 1. The minimum Gasteiger partial charge on any atom is -0.491 e. The van der Waals surface area contributed by atoms with Crippen LogP contribution in [0.15, 0.2) is 18.2 Å². The Kier molecular flexibility index (Phi) is 5.76. The van der Waals surface area contributed by atoms with Crippen LogP contribution in [-0.2, 0) is 6.54 Å². The molecule has 0 bridgehead atoms. The quantitative estimate of drug-likeness (QED) is 0.826. The maximum atomic E-state index is 13.7. The van der Waals surface area contributed by atoms with E-state index >= 15 is 0 Å². The normalized spacial score (nSPS) is 11.9. The average molecular weight is 268 g/mol. The van der Waals surface area contributed by atoms with Gasteiger partial charge in [0.1, 0.15) is 0 Å². The van der Waals surface area contributed by atoms with Crippen LogP contribution in [0.2, 0.25) is 0 Å². The zero-order chi connectivity index (χ0) is 14.5. The van der Waals surface area contributed by atoms with Gasteiger partial charge < -0.3 is 15.4 Å². The molecule has 0 atom stereocenters. The first-order valence-electron chi connectivity index (χ1n) is 6.68. The fourth-order valence-corrected chi connectivity index (χ4v) is 2.08. The molecule has 108 valence electrons. The second-order valence-corrected chi connectivity index (χ2v) is 5.74. The lowest BCUT2D eigenvalue weighted by Crippen LogP contribution is -2.36. The molecule has 1 aromatic rings. The summed E-state index contributed by atoms with van der Waals surface area (Å²) in [7, 11) is 2.02. The van der Waals surface area contributed by atoms with Gasteiger partial charge in [-0.1, -0.05) is 19.9 Å². The Morgan fingerprint density at radius 1 is 1.37 bits per heavy atom. The number of hydrogen-bond acceptors (Lipinski definition) is 3. The lowest BCUT2D eigenvalue weighted by molar-refractivity contribution is 0.209. The molecular formula is C15H25FN2O. The van der Waals surface area contributed by atoms with E-state index in [1.165, 1.54) is 6.07 Å². The van der Waals surface area contributed by atoms with Crippen molar-refractivity contribution in [1.82, 2.24) is 4.90 Å². The van der Waals surface area contributed by atoms with Crippen LogP contribution < -0.4 is 10.5 Å². The number of hydrogen-bond donors (Lipinski definition) is 1. The fourth-order valence-electron chi connectivity index (χ4n) is 2.08. The Hall–Kier alpha value is -1.13. The molecule has 19 heavy (non-hydrogen) atoms. The van der Waals surface area contributed by atoms with Crippen LogP contribution >= 0.6 is 0 Å². The topological polar surface area (TPSA) is 38.5 Å². The number of benzene rings is 1. The van der Waals surface area contributed by atoms with E-state index in [9.17, 15) is 4.39 Å². The van der Waals surface area contributed by atoms with Crippen LogP contribution in [0.3, 0.4) is 0 Å². The second kappa shape index (κ2) is 6.87. The highest BCUT2D eigenvalue weighted by Crippen LogP contribution is 2.20. The summed E-state index contributed by atoms with van der Waals surface area (Å²) in [5.41, 5.74) is 6.73. The molecule has 0 saturated carbocycles. The highest BCUT2D eigenvalue weighted by Gasteiger charge is 2.18. The van der Waals surface area contributed by atoms with Crippen molar-refractivity contribution < 1.29 is 9.13 Å². The van der Waals surface area contributed by atoms with Crippen LogP contribution in [0.25, 0.3) is 0 Å². The summed E-state index contributed by atoms with van der Waals surface area (Å²) in [5, 5.41) is 0. The fraction of sp³-hybridized carbons (Fsp3) is 0.600. The first-order valence-corrected chi connectivity index (χ1v) is 6.68. The van der Waals surface area contributed by atoms with Crippen LogP contribution in [-0.4, -0.2) is 31.6 Å². The molecule has 0 spiro atoms. The van der Waals surface area contributed by atoms with Crippen molar-refractivity contribution in [3.63, 3.8) is 0 Å². The number of ether oxygens (including phenoxy) is 1. The van der Waals surface area contributed by atoms with Gasteiger partial charge in [-0.25, -0.2) is 4.39 Å². The molecule has 0 aliphatic carbocycles. The molecule has 4 heteroatoms. The summed E-state index contributed by atoms with van der Waals surface area (Å²) in [4.78, 5) is 2.15. The first-order chi connectivity index (χ1) is 8.88. The van der Waals surface area contributed by atoms with Gasteiger partial charge in [0.05, 0.1) is 6.61 Å². The molecule has 2 N–H and O–H groups in total. The van der Waals surface area contributed by atoms with E-state index in [0.717, 1.165) is 12.1 Å². The van der Waals surface area contributed by atoms with Gasteiger partial charge in [-0.05, 0) is 43.6 Å². The summed E-state index contributed by atoms with van der Waals surface area (Å²) < 4.78 is 18.9.